The third-order valence-electron chi connectivity index (χ3n) is 2.66. The van der Waals surface area contributed by atoms with Crippen LogP contribution in [0, 0.1) is 0 Å². The van der Waals surface area contributed by atoms with Crippen LogP contribution in [0.1, 0.15) is 0 Å². The first-order valence-electron chi connectivity index (χ1n) is 4.16. The highest BCUT2D eigenvalue weighted by Crippen LogP contribution is 2.42. The van der Waals surface area contributed by atoms with Gasteiger partial charge in [-0.05, 0) is 0 Å². The number of thioether (sulfide) groups is 2. The molecule has 3 saturated heterocycles. The second kappa shape index (κ2) is 2.55. The average molecular weight is 188 g/mol. The van der Waals surface area contributed by atoms with Gasteiger partial charge in [0.2, 0.25) is 0 Å². The average Bonchev–Trinajstić information content (AvgIpc) is 2.52. The molecule has 3 heterocycles. The van der Waals surface area contributed by atoms with Gasteiger partial charge in [0.25, 0.3) is 0 Å². The van der Waals surface area contributed by atoms with Gasteiger partial charge in [-0.3, -0.25) is 9.80 Å². The molecule has 2 nitrogen and oxygen atoms in total. The molecular weight excluding hydrogens is 176 g/mol. The molecule has 2 atom stereocenters. The molecule has 0 aromatic rings. The number of hydrogen-bond donors (Lipinski definition) is 0. The molecule has 0 N–H and O–H groups in total. The lowest BCUT2D eigenvalue weighted by atomic mass is 10.5. The molecule has 2 unspecified atom stereocenters. The Morgan fingerprint density at radius 1 is 0.909 bits per heavy atom. The largest absolute Gasteiger partial charge is 0.275 e. The van der Waals surface area contributed by atoms with E-state index in [0.717, 1.165) is 10.7 Å². The highest BCUT2D eigenvalue weighted by Gasteiger charge is 2.45. The van der Waals surface area contributed by atoms with E-state index < -0.39 is 0 Å². The van der Waals surface area contributed by atoms with Crippen LogP contribution >= 0.6 is 23.5 Å². The SMILES string of the molecule is C1CN2CN3CCSC3C2S1. The van der Waals surface area contributed by atoms with Crippen LogP contribution in [0.5, 0.6) is 0 Å². The monoisotopic (exact) mass is 188 g/mol. The van der Waals surface area contributed by atoms with E-state index in [9.17, 15) is 0 Å². The van der Waals surface area contributed by atoms with Crippen molar-refractivity contribution < 1.29 is 0 Å². The van der Waals surface area contributed by atoms with Crippen molar-refractivity contribution in [3.05, 3.63) is 0 Å². The van der Waals surface area contributed by atoms with Gasteiger partial charge in [-0.25, -0.2) is 0 Å². The lowest BCUT2D eigenvalue weighted by Crippen LogP contribution is -2.26. The van der Waals surface area contributed by atoms with Gasteiger partial charge in [-0.15, -0.1) is 23.5 Å². The Bertz CT molecular complexity index is 158. The predicted molar refractivity (Wildman–Crippen MR) is 50.8 cm³/mol. The maximum Gasteiger partial charge on any atom is 0.0821 e. The summed E-state index contributed by atoms with van der Waals surface area (Å²) in [5.74, 6) is 2.71. The Morgan fingerprint density at radius 3 is 2.00 bits per heavy atom. The van der Waals surface area contributed by atoms with Crippen LogP contribution in [0.15, 0.2) is 0 Å². The molecular formula is C7H12N2S2. The lowest BCUT2D eigenvalue weighted by molar-refractivity contribution is 0.266. The summed E-state index contributed by atoms with van der Waals surface area (Å²) >= 11 is 4.31. The summed E-state index contributed by atoms with van der Waals surface area (Å²) in [7, 11) is 0. The molecule has 11 heavy (non-hydrogen) atoms. The van der Waals surface area contributed by atoms with Crippen molar-refractivity contribution in [3.8, 4) is 0 Å². The summed E-state index contributed by atoms with van der Waals surface area (Å²) in [6.45, 7) is 3.89. The summed E-state index contributed by atoms with van der Waals surface area (Å²) in [6, 6.07) is 0. The second-order valence-corrected chi connectivity index (χ2v) is 5.74. The van der Waals surface area contributed by atoms with Crippen molar-refractivity contribution >= 4 is 23.5 Å². The van der Waals surface area contributed by atoms with E-state index in [-0.39, 0.29) is 0 Å². The summed E-state index contributed by atoms with van der Waals surface area (Å²) in [4.78, 5) is 5.25. The van der Waals surface area contributed by atoms with Crippen molar-refractivity contribution in [2.75, 3.05) is 31.3 Å². The fourth-order valence-electron chi connectivity index (χ4n) is 2.11. The van der Waals surface area contributed by atoms with E-state index in [4.69, 9.17) is 0 Å². The zero-order valence-electron chi connectivity index (χ0n) is 6.40. The molecule has 0 amide bonds. The van der Waals surface area contributed by atoms with Gasteiger partial charge in [0, 0.05) is 24.6 Å². The highest BCUT2D eigenvalue weighted by atomic mass is 32.2. The van der Waals surface area contributed by atoms with E-state index in [1.807, 2.05) is 0 Å². The van der Waals surface area contributed by atoms with Crippen LogP contribution in [0.3, 0.4) is 0 Å². The van der Waals surface area contributed by atoms with Crippen molar-refractivity contribution in [2.45, 2.75) is 10.7 Å². The van der Waals surface area contributed by atoms with Crippen LogP contribution in [-0.4, -0.2) is 51.8 Å². The lowest BCUT2D eigenvalue weighted by Gasteiger charge is -2.15. The Hall–Kier alpha value is 0.620. The second-order valence-electron chi connectivity index (χ2n) is 3.29. The van der Waals surface area contributed by atoms with Gasteiger partial charge in [0.1, 0.15) is 0 Å². The van der Waals surface area contributed by atoms with Gasteiger partial charge in [-0.1, -0.05) is 0 Å². The maximum absolute atomic E-state index is 2.63. The van der Waals surface area contributed by atoms with E-state index >= 15 is 0 Å². The van der Waals surface area contributed by atoms with Gasteiger partial charge >= 0.3 is 0 Å². The molecule has 0 spiro atoms. The number of nitrogens with zero attached hydrogens (tertiary/aromatic N) is 2. The molecule has 0 radical (unpaired) electrons. The molecule has 3 aliphatic rings. The Kier molecular flexibility index (Phi) is 1.64. The minimum Gasteiger partial charge on any atom is -0.275 e. The predicted octanol–water partition coefficient (Wildman–Crippen LogP) is 0.707. The van der Waals surface area contributed by atoms with Crippen LogP contribution < -0.4 is 0 Å². The summed E-state index contributed by atoms with van der Waals surface area (Å²) in [5, 5.41) is 1.67. The Morgan fingerprint density at radius 2 is 1.45 bits per heavy atom. The third-order valence-corrected chi connectivity index (χ3v) is 5.46. The van der Waals surface area contributed by atoms with E-state index in [2.05, 4.69) is 33.3 Å². The van der Waals surface area contributed by atoms with Crippen LogP contribution in [0.25, 0.3) is 0 Å². The summed E-state index contributed by atoms with van der Waals surface area (Å²) < 4.78 is 0. The fraction of sp³-hybridized carbons (Fsp3) is 1.00. The van der Waals surface area contributed by atoms with Crippen LogP contribution in [0.4, 0.5) is 0 Å². The molecule has 3 fully saturated rings. The van der Waals surface area contributed by atoms with Crippen molar-refractivity contribution in [1.29, 1.82) is 0 Å². The first-order valence-corrected chi connectivity index (χ1v) is 6.26. The molecule has 0 aliphatic carbocycles. The normalized spacial score (nSPS) is 44.7. The van der Waals surface area contributed by atoms with E-state index in [1.54, 1.807) is 0 Å². The smallest absolute Gasteiger partial charge is 0.0821 e. The quantitative estimate of drug-likeness (QED) is 0.552. The zero-order chi connectivity index (χ0) is 7.26. The molecule has 0 bridgehead atoms. The molecule has 4 heteroatoms. The zero-order valence-corrected chi connectivity index (χ0v) is 8.03. The van der Waals surface area contributed by atoms with Crippen molar-refractivity contribution in [1.82, 2.24) is 9.80 Å². The van der Waals surface area contributed by atoms with Gasteiger partial charge in [-0.2, -0.15) is 0 Å². The summed E-state index contributed by atoms with van der Waals surface area (Å²) in [6.07, 6.45) is 0. The Balaban J connectivity index is 1.84. The van der Waals surface area contributed by atoms with Gasteiger partial charge in [0.15, 0.2) is 0 Å². The Labute approximate surface area is 75.7 Å². The third kappa shape index (κ3) is 0.963. The molecule has 0 saturated carbocycles. The number of hydrogen-bond acceptors (Lipinski definition) is 4. The van der Waals surface area contributed by atoms with Gasteiger partial charge in [0.05, 0.1) is 17.4 Å². The van der Waals surface area contributed by atoms with Crippen LogP contribution in [-0.2, 0) is 0 Å². The number of rotatable bonds is 0. The minimum absolute atomic E-state index is 0.836. The first kappa shape index (κ1) is 7.06. The van der Waals surface area contributed by atoms with Crippen molar-refractivity contribution in [3.63, 3.8) is 0 Å². The van der Waals surface area contributed by atoms with E-state index in [0.29, 0.717) is 0 Å². The fourth-order valence-corrected chi connectivity index (χ4v) is 5.18. The molecule has 3 aliphatic heterocycles. The highest BCUT2D eigenvalue weighted by molar-refractivity contribution is 8.04. The first-order chi connectivity index (χ1) is 5.45. The van der Waals surface area contributed by atoms with Gasteiger partial charge < -0.3 is 0 Å². The standard InChI is InChI=1S/C7H12N2S2/c1-3-10-6-7-9(2-4-11-7)5-8(1)6/h6-7H,1-5H2. The number of fused-ring (bicyclic) bond motifs is 3. The summed E-state index contributed by atoms with van der Waals surface area (Å²) in [5.41, 5.74) is 0. The molecule has 62 valence electrons. The van der Waals surface area contributed by atoms with Crippen LogP contribution in [0.2, 0.25) is 0 Å². The molecule has 0 aromatic heterocycles. The topological polar surface area (TPSA) is 6.48 Å². The maximum atomic E-state index is 2.63. The molecule has 0 aromatic carbocycles. The molecule has 3 rings (SSSR count). The van der Waals surface area contributed by atoms with Crippen molar-refractivity contribution in [2.24, 2.45) is 0 Å². The van der Waals surface area contributed by atoms with E-state index in [1.165, 1.54) is 31.3 Å². The minimum atomic E-state index is 0.836.